The number of nitrogens with one attached hydrogen (secondary N) is 2. The highest BCUT2D eigenvalue weighted by Gasteiger charge is 2.39. The highest BCUT2D eigenvalue weighted by molar-refractivity contribution is 6.02. The van der Waals surface area contributed by atoms with Crippen LogP contribution in [-0.2, 0) is 0 Å². The van der Waals surface area contributed by atoms with E-state index in [9.17, 15) is 14.7 Å². The lowest BCUT2D eigenvalue weighted by Gasteiger charge is -2.18. The zero-order valence-corrected chi connectivity index (χ0v) is 15.3. The summed E-state index contributed by atoms with van der Waals surface area (Å²) in [6, 6.07) is 3.48. The fourth-order valence-electron chi connectivity index (χ4n) is 3.34. The quantitative estimate of drug-likeness (QED) is 0.643. The van der Waals surface area contributed by atoms with Crippen LogP contribution >= 0.6 is 0 Å². The van der Waals surface area contributed by atoms with Gasteiger partial charge in [0.2, 0.25) is 0 Å². The third kappa shape index (κ3) is 3.66. The zero-order chi connectivity index (χ0) is 19.6. The predicted molar refractivity (Wildman–Crippen MR) is 103 cm³/mol. The van der Waals surface area contributed by atoms with Crippen LogP contribution in [0.3, 0.4) is 0 Å². The van der Waals surface area contributed by atoms with Crippen molar-refractivity contribution in [3.63, 3.8) is 0 Å². The number of aliphatic hydroxyl groups excluding tert-OH is 1. The summed E-state index contributed by atoms with van der Waals surface area (Å²) in [5.74, 6) is -0.530. The van der Waals surface area contributed by atoms with Crippen LogP contribution in [0, 0.1) is 0 Å². The third-order valence-corrected chi connectivity index (χ3v) is 4.83. The number of fused-ring (bicyclic) bond motifs is 1. The minimum Gasteiger partial charge on any atom is -0.486 e. The Bertz CT molecular complexity index is 824. The lowest BCUT2D eigenvalue weighted by atomic mass is 9.86. The van der Waals surface area contributed by atoms with Crippen LogP contribution in [0.4, 0.5) is 0 Å². The molecule has 0 spiro atoms. The Kier molecular flexibility index (Phi) is 5.46. The molecule has 0 saturated heterocycles. The van der Waals surface area contributed by atoms with Crippen LogP contribution < -0.4 is 15.4 Å². The van der Waals surface area contributed by atoms with Gasteiger partial charge in [-0.1, -0.05) is 31.4 Å². The summed E-state index contributed by atoms with van der Waals surface area (Å²) in [6.45, 7) is 7.31. The summed E-state index contributed by atoms with van der Waals surface area (Å²) in [5.41, 5.74) is 2.15. The summed E-state index contributed by atoms with van der Waals surface area (Å²) < 4.78 is 5.91. The fraction of sp³-hybridized carbons (Fsp3) is 0.333. The van der Waals surface area contributed by atoms with E-state index in [1.807, 2.05) is 0 Å². The molecule has 0 aromatic heterocycles. The molecule has 1 aliphatic carbocycles. The van der Waals surface area contributed by atoms with Gasteiger partial charge < -0.3 is 20.5 Å². The number of hydrogen-bond acceptors (Lipinski definition) is 4. The highest BCUT2D eigenvalue weighted by atomic mass is 16.5. The Morgan fingerprint density at radius 3 is 2.59 bits per heavy atom. The number of ether oxygens (including phenoxy) is 1. The van der Waals surface area contributed by atoms with Crippen molar-refractivity contribution in [1.29, 1.82) is 0 Å². The average Bonchev–Trinajstić information content (AvgIpc) is 3.42. The molecule has 0 radical (unpaired) electrons. The van der Waals surface area contributed by atoms with E-state index in [-0.39, 0.29) is 35.9 Å². The second kappa shape index (κ2) is 7.80. The molecule has 6 heteroatoms. The van der Waals surface area contributed by atoms with Crippen LogP contribution in [0.1, 0.15) is 45.0 Å². The van der Waals surface area contributed by atoms with E-state index in [1.54, 1.807) is 24.3 Å². The molecule has 1 aliphatic heterocycles. The first-order valence-corrected chi connectivity index (χ1v) is 8.97. The molecule has 2 amide bonds. The normalized spacial score (nSPS) is 21.0. The third-order valence-electron chi connectivity index (χ3n) is 4.83. The first-order chi connectivity index (χ1) is 13.0. The van der Waals surface area contributed by atoms with Crippen molar-refractivity contribution < 1.29 is 19.4 Å². The maximum absolute atomic E-state index is 12.6. The lowest BCUT2D eigenvalue weighted by molar-refractivity contribution is 0.0947. The Morgan fingerprint density at radius 2 is 2.04 bits per heavy atom. The molecule has 1 fully saturated rings. The Hall–Kier alpha value is -2.86. The Morgan fingerprint density at radius 1 is 1.30 bits per heavy atom. The molecule has 1 aromatic rings. The molecule has 3 N–H and O–H groups in total. The minimum atomic E-state index is -0.575. The number of allylic oxidation sites excluding steroid dienone is 3. The van der Waals surface area contributed by atoms with E-state index in [0.717, 1.165) is 18.4 Å². The molecule has 0 bridgehead atoms. The van der Waals surface area contributed by atoms with E-state index >= 15 is 0 Å². The van der Waals surface area contributed by atoms with Gasteiger partial charge in [-0.2, -0.15) is 0 Å². The van der Waals surface area contributed by atoms with Crippen molar-refractivity contribution in [3.8, 4) is 5.75 Å². The Labute approximate surface area is 158 Å². The number of carbonyl (C=O) groups is 2. The van der Waals surface area contributed by atoms with Crippen LogP contribution in [0.15, 0.2) is 49.1 Å². The van der Waals surface area contributed by atoms with E-state index in [2.05, 4.69) is 23.8 Å². The minimum absolute atomic E-state index is 0.204. The van der Waals surface area contributed by atoms with Crippen molar-refractivity contribution in [2.75, 3.05) is 13.7 Å². The molecule has 1 unspecified atom stereocenters. The molecule has 1 aromatic carbocycles. The van der Waals surface area contributed by atoms with E-state index in [1.165, 1.54) is 13.1 Å². The first kappa shape index (κ1) is 18.9. The fourth-order valence-corrected chi connectivity index (χ4v) is 3.34. The van der Waals surface area contributed by atoms with Gasteiger partial charge in [0.05, 0.1) is 18.1 Å². The summed E-state index contributed by atoms with van der Waals surface area (Å²) in [6.07, 6.45) is 6.46. The van der Waals surface area contributed by atoms with Crippen LogP contribution in [0.5, 0.6) is 5.75 Å². The van der Waals surface area contributed by atoms with Gasteiger partial charge in [0, 0.05) is 24.2 Å². The number of amides is 2. The summed E-state index contributed by atoms with van der Waals surface area (Å²) in [5, 5.41) is 15.3. The second-order valence-corrected chi connectivity index (χ2v) is 6.69. The van der Waals surface area contributed by atoms with E-state index < -0.39 is 6.10 Å². The molecule has 2 aliphatic rings. The van der Waals surface area contributed by atoms with Gasteiger partial charge in [-0.25, -0.2) is 0 Å². The number of hydrogen-bond donors (Lipinski definition) is 3. The van der Waals surface area contributed by atoms with Crippen LogP contribution in [-0.4, -0.2) is 42.7 Å². The first-order valence-electron chi connectivity index (χ1n) is 8.97. The maximum atomic E-state index is 12.6. The van der Waals surface area contributed by atoms with Crippen LogP contribution in [0.2, 0.25) is 0 Å². The zero-order valence-electron chi connectivity index (χ0n) is 15.3. The SMILES string of the molecule is C=C/C=C(\C=C)C1c2cc(C(=O)NC3CC3)cc(C(=O)NC)c2O[C@H]1CO. The van der Waals surface area contributed by atoms with Gasteiger partial charge >= 0.3 is 0 Å². The summed E-state index contributed by atoms with van der Waals surface area (Å²) >= 11 is 0. The average molecular weight is 368 g/mol. The molecule has 1 heterocycles. The van der Waals surface area contributed by atoms with Gasteiger partial charge in [-0.05, 0) is 30.5 Å². The number of rotatable bonds is 7. The highest BCUT2D eigenvalue weighted by Crippen LogP contribution is 2.45. The molecule has 3 rings (SSSR count). The Balaban J connectivity index is 2.13. The van der Waals surface area contributed by atoms with Crippen molar-refractivity contribution >= 4 is 11.8 Å². The number of benzene rings is 1. The largest absolute Gasteiger partial charge is 0.486 e. The van der Waals surface area contributed by atoms with E-state index in [0.29, 0.717) is 16.9 Å². The van der Waals surface area contributed by atoms with E-state index in [4.69, 9.17) is 4.74 Å². The van der Waals surface area contributed by atoms with Crippen molar-refractivity contribution in [3.05, 3.63) is 65.8 Å². The second-order valence-electron chi connectivity index (χ2n) is 6.69. The van der Waals surface area contributed by atoms with Gasteiger partial charge in [-0.15, -0.1) is 0 Å². The van der Waals surface area contributed by atoms with Gasteiger partial charge in [0.25, 0.3) is 11.8 Å². The van der Waals surface area contributed by atoms with Gasteiger partial charge in [0.1, 0.15) is 11.9 Å². The van der Waals surface area contributed by atoms with Crippen molar-refractivity contribution in [2.45, 2.75) is 30.9 Å². The number of aliphatic hydroxyl groups is 1. The molecule has 142 valence electrons. The van der Waals surface area contributed by atoms with Crippen molar-refractivity contribution in [2.24, 2.45) is 0 Å². The summed E-state index contributed by atoms with van der Waals surface area (Å²) in [7, 11) is 1.52. The molecule has 2 atom stereocenters. The maximum Gasteiger partial charge on any atom is 0.254 e. The van der Waals surface area contributed by atoms with Gasteiger partial charge in [0.15, 0.2) is 0 Å². The number of carbonyl (C=O) groups excluding carboxylic acids is 2. The smallest absolute Gasteiger partial charge is 0.254 e. The standard InChI is InChI=1S/C21H24N2O4/c1-4-6-12(5-2)18-15-9-13(20(25)23-14-7-8-14)10-16(21(26)22-3)19(15)27-17(18)11-24/h4-6,9-10,14,17-18,24H,1-2,7-8,11H2,3H3,(H,22,26)(H,23,25)/b12-6+/t17-,18?/m0/s1. The van der Waals surface area contributed by atoms with Crippen LogP contribution in [0.25, 0.3) is 0 Å². The lowest BCUT2D eigenvalue weighted by Crippen LogP contribution is -2.26. The van der Waals surface area contributed by atoms with Crippen molar-refractivity contribution in [1.82, 2.24) is 10.6 Å². The topological polar surface area (TPSA) is 87.7 Å². The summed E-state index contributed by atoms with van der Waals surface area (Å²) in [4.78, 5) is 25.0. The molecular weight excluding hydrogens is 344 g/mol. The predicted octanol–water partition coefficient (Wildman–Crippen LogP) is 2.07. The molecule has 6 nitrogen and oxygen atoms in total. The molecule has 1 saturated carbocycles. The molecule has 27 heavy (non-hydrogen) atoms. The van der Waals surface area contributed by atoms with Gasteiger partial charge in [-0.3, -0.25) is 9.59 Å². The molecular formula is C21H24N2O4. The monoisotopic (exact) mass is 368 g/mol.